The zero-order valence-electron chi connectivity index (χ0n) is 18.8. The zero-order valence-corrected chi connectivity index (χ0v) is 18.8. The van der Waals surface area contributed by atoms with E-state index in [9.17, 15) is 19.5 Å². The van der Waals surface area contributed by atoms with Crippen molar-refractivity contribution < 1.29 is 23.8 Å². The van der Waals surface area contributed by atoms with Crippen LogP contribution in [0.15, 0.2) is 21.3 Å². The van der Waals surface area contributed by atoms with Gasteiger partial charge >= 0.3 is 11.6 Å². The Morgan fingerprint density at radius 3 is 2.62 bits per heavy atom. The van der Waals surface area contributed by atoms with E-state index in [2.05, 4.69) is 5.32 Å². The number of hydrogen-bond donors (Lipinski definition) is 2. The molecule has 1 aliphatic carbocycles. The quantitative estimate of drug-likeness (QED) is 0.656. The largest absolute Gasteiger partial charge is 0.487 e. The predicted octanol–water partition coefficient (Wildman–Crippen LogP) is 4.04. The lowest BCUT2D eigenvalue weighted by Gasteiger charge is -2.41. The summed E-state index contributed by atoms with van der Waals surface area (Å²) in [4.78, 5) is 36.5. The van der Waals surface area contributed by atoms with E-state index in [1.807, 2.05) is 19.1 Å². The van der Waals surface area contributed by atoms with Crippen LogP contribution in [0.1, 0.15) is 75.0 Å². The first-order valence-corrected chi connectivity index (χ1v) is 11.6. The molecule has 0 unspecified atom stereocenters. The Hall–Kier alpha value is -2.83. The first-order chi connectivity index (χ1) is 15.3. The second-order valence-electron chi connectivity index (χ2n) is 9.22. The highest BCUT2D eigenvalue weighted by atomic mass is 16.5. The molecule has 1 saturated carbocycles. The molecule has 1 atom stereocenters. The molecule has 4 rings (SSSR count). The summed E-state index contributed by atoms with van der Waals surface area (Å²) in [6, 6.07) is 2.87. The SMILES string of the molecule is CCC[C@@H](NC(=O)Cc1c(C)c2cc3c(cc2oc1=O)OC1(CCCCC1)CC3)C(=O)O. The Kier molecular flexibility index (Phi) is 6.26. The van der Waals surface area contributed by atoms with Gasteiger partial charge < -0.3 is 19.6 Å². The van der Waals surface area contributed by atoms with Crippen LogP contribution in [-0.2, 0) is 22.4 Å². The Morgan fingerprint density at radius 2 is 1.94 bits per heavy atom. The molecule has 32 heavy (non-hydrogen) atoms. The van der Waals surface area contributed by atoms with Crippen molar-refractivity contribution in [3.8, 4) is 5.75 Å². The van der Waals surface area contributed by atoms with Crippen molar-refractivity contribution in [2.75, 3.05) is 0 Å². The smallest absolute Gasteiger partial charge is 0.340 e. The molecule has 0 radical (unpaired) electrons. The Bertz CT molecular complexity index is 1100. The Balaban J connectivity index is 1.61. The fourth-order valence-electron chi connectivity index (χ4n) is 5.10. The van der Waals surface area contributed by atoms with Crippen LogP contribution in [0, 0.1) is 6.92 Å². The minimum Gasteiger partial charge on any atom is -0.487 e. The molecule has 1 aliphatic heterocycles. The molecule has 1 spiro atoms. The summed E-state index contributed by atoms with van der Waals surface area (Å²) >= 11 is 0. The van der Waals surface area contributed by atoms with Crippen molar-refractivity contribution in [1.29, 1.82) is 0 Å². The third kappa shape index (κ3) is 4.38. The summed E-state index contributed by atoms with van der Waals surface area (Å²) in [5.41, 5.74) is 1.83. The Labute approximate surface area is 187 Å². The van der Waals surface area contributed by atoms with Gasteiger partial charge in [0, 0.05) is 11.5 Å². The van der Waals surface area contributed by atoms with E-state index < -0.39 is 23.5 Å². The number of nitrogens with one attached hydrogen (secondary N) is 1. The molecule has 1 aromatic carbocycles. The number of carboxylic acid groups (broad SMARTS) is 1. The summed E-state index contributed by atoms with van der Waals surface area (Å²) in [7, 11) is 0. The summed E-state index contributed by atoms with van der Waals surface area (Å²) in [6.07, 6.45) is 8.41. The average Bonchev–Trinajstić information content (AvgIpc) is 2.76. The van der Waals surface area contributed by atoms with E-state index in [4.69, 9.17) is 9.15 Å². The lowest BCUT2D eigenvalue weighted by molar-refractivity contribution is -0.141. The van der Waals surface area contributed by atoms with Gasteiger partial charge in [-0.25, -0.2) is 9.59 Å². The van der Waals surface area contributed by atoms with Crippen molar-refractivity contribution >= 4 is 22.8 Å². The van der Waals surface area contributed by atoms with Gasteiger partial charge in [-0.1, -0.05) is 19.8 Å². The van der Waals surface area contributed by atoms with Crippen LogP contribution in [0.5, 0.6) is 5.75 Å². The number of carbonyl (C=O) groups excluding carboxylic acids is 1. The first-order valence-electron chi connectivity index (χ1n) is 11.6. The fraction of sp³-hybridized carbons (Fsp3) is 0.560. The number of amides is 1. The van der Waals surface area contributed by atoms with E-state index in [-0.39, 0.29) is 17.6 Å². The topological polar surface area (TPSA) is 106 Å². The molecule has 7 heteroatoms. The number of carboxylic acids is 1. The fourth-order valence-corrected chi connectivity index (χ4v) is 5.10. The summed E-state index contributed by atoms with van der Waals surface area (Å²) in [5.74, 6) is -0.784. The molecule has 2 heterocycles. The van der Waals surface area contributed by atoms with Crippen LogP contribution >= 0.6 is 0 Å². The van der Waals surface area contributed by atoms with Gasteiger partial charge in [0.1, 0.15) is 23.0 Å². The van der Waals surface area contributed by atoms with E-state index in [0.29, 0.717) is 24.0 Å². The summed E-state index contributed by atoms with van der Waals surface area (Å²) in [6.45, 7) is 3.66. The van der Waals surface area contributed by atoms with Crippen LogP contribution in [-0.4, -0.2) is 28.6 Å². The molecular weight excluding hydrogens is 410 g/mol. The minimum absolute atomic E-state index is 0.0918. The lowest BCUT2D eigenvalue weighted by Crippen LogP contribution is -2.42. The van der Waals surface area contributed by atoms with Crippen LogP contribution in [0.2, 0.25) is 0 Å². The van der Waals surface area contributed by atoms with Crippen molar-refractivity contribution in [3.05, 3.63) is 39.2 Å². The highest BCUT2D eigenvalue weighted by Gasteiger charge is 2.37. The van der Waals surface area contributed by atoms with Gasteiger partial charge in [0.15, 0.2) is 0 Å². The molecule has 1 amide bonds. The van der Waals surface area contributed by atoms with Gasteiger partial charge in [0.05, 0.1) is 12.0 Å². The average molecular weight is 442 g/mol. The number of aliphatic carboxylic acids is 1. The van der Waals surface area contributed by atoms with Crippen LogP contribution < -0.4 is 15.7 Å². The van der Waals surface area contributed by atoms with Gasteiger partial charge in [0.25, 0.3) is 0 Å². The van der Waals surface area contributed by atoms with Crippen LogP contribution in [0.4, 0.5) is 0 Å². The van der Waals surface area contributed by atoms with E-state index in [0.717, 1.165) is 42.4 Å². The lowest BCUT2D eigenvalue weighted by atomic mass is 9.79. The van der Waals surface area contributed by atoms with E-state index in [1.165, 1.54) is 19.3 Å². The highest BCUT2D eigenvalue weighted by molar-refractivity contribution is 5.88. The number of benzene rings is 1. The molecule has 172 valence electrons. The third-order valence-corrected chi connectivity index (χ3v) is 6.96. The maximum Gasteiger partial charge on any atom is 0.340 e. The summed E-state index contributed by atoms with van der Waals surface area (Å²) in [5, 5.41) is 12.6. The third-order valence-electron chi connectivity index (χ3n) is 6.96. The minimum atomic E-state index is -1.08. The Morgan fingerprint density at radius 1 is 1.19 bits per heavy atom. The monoisotopic (exact) mass is 441 g/mol. The van der Waals surface area contributed by atoms with Crippen LogP contribution in [0.3, 0.4) is 0 Å². The van der Waals surface area contributed by atoms with Gasteiger partial charge in [0.2, 0.25) is 5.91 Å². The predicted molar refractivity (Wildman–Crippen MR) is 120 cm³/mol. The van der Waals surface area contributed by atoms with Gasteiger partial charge in [-0.05, 0) is 69.1 Å². The number of ether oxygens (including phenoxy) is 1. The number of fused-ring (bicyclic) bond motifs is 2. The number of rotatable bonds is 6. The zero-order chi connectivity index (χ0) is 22.9. The molecule has 0 saturated heterocycles. The number of aryl methyl sites for hydroxylation is 2. The molecule has 2 aromatic rings. The van der Waals surface area contributed by atoms with E-state index in [1.54, 1.807) is 6.92 Å². The standard InChI is InChI=1S/C25H31NO6/c1-3-7-19(23(28)29)26-22(27)13-18-15(2)17-12-16-8-11-25(9-5-4-6-10-25)32-20(16)14-21(17)31-24(18)30/h12,14,19H,3-11,13H2,1-2H3,(H,26,27)(H,28,29)/t19-/m1/s1. The van der Waals surface area contributed by atoms with Crippen molar-refractivity contribution in [1.82, 2.24) is 5.32 Å². The molecular formula is C25H31NO6. The molecule has 1 aromatic heterocycles. The van der Waals surface area contributed by atoms with Crippen molar-refractivity contribution in [2.24, 2.45) is 0 Å². The van der Waals surface area contributed by atoms with Gasteiger partial charge in [-0.2, -0.15) is 0 Å². The molecule has 1 fully saturated rings. The van der Waals surface area contributed by atoms with Gasteiger partial charge in [-0.15, -0.1) is 0 Å². The second-order valence-corrected chi connectivity index (χ2v) is 9.22. The van der Waals surface area contributed by atoms with Crippen molar-refractivity contribution in [2.45, 2.75) is 89.7 Å². The second kappa shape index (κ2) is 8.96. The summed E-state index contributed by atoms with van der Waals surface area (Å²) < 4.78 is 12.0. The first kappa shape index (κ1) is 22.4. The molecule has 0 bridgehead atoms. The normalized spacial score (nSPS) is 18.1. The number of hydrogen-bond acceptors (Lipinski definition) is 5. The molecule has 2 aliphatic rings. The van der Waals surface area contributed by atoms with Crippen LogP contribution in [0.25, 0.3) is 11.0 Å². The van der Waals surface area contributed by atoms with Crippen molar-refractivity contribution in [3.63, 3.8) is 0 Å². The maximum atomic E-state index is 12.7. The molecule has 7 nitrogen and oxygen atoms in total. The van der Waals surface area contributed by atoms with E-state index >= 15 is 0 Å². The van der Waals surface area contributed by atoms with Gasteiger partial charge in [-0.3, -0.25) is 4.79 Å². The maximum absolute atomic E-state index is 12.7. The molecule has 2 N–H and O–H groups in total. The highest BCUT2D eigenvalue weighted by Crippen LogP contribution is 2.43. The number of carbonyl (C=O) groups is 2.